The highest BCUT2D eigenvalue weighted by Crippen LogP contribution is 2.15. The van der Waals surface area contributed by atoms with E-state index in [1.54, 1.807) is 13.8 Å². The Morgan fingerprint density at radius 2 is 2.16 bits per heavy atom. The molecule has 0 aliphatic heterocycles. The van der Waals surface area contributed by atoms with Crippen LogP contribution >= 0.6 is 0 Å². The van der Waals surface area contributed by atoms with E-state index >= 15 is 0 Å². The molecule has 3 rings (SSSR count). The van der Waals surface area contributed by atoms with Crippen LogP contribution in [0.5, 0.6) is 0 Å². The van der Waals surface area contributed by atoms with Gasteiger partial charge in [0.1, 0.15) is 6.54 Å². The van der Waals surface area contributed by atoms with Crippen molar-refractivity contribution in [2.45, 2.75) is 26.9 Å². The molecule has 0 aliphatic rings. The second-order valence-electron chi connectivity index (χ2n) is 5.68. The predicted molar refractivity (Wildman–Crippen MR) is 88.5 cm³/mol. The largest absolute Gasteiger partial charge is 0.348 e. The molecule has 9 nitrogen and oxygen atoms in total. The van der Waals surface area contributed by atoms with Crippen LogP contribution in [0.2, 0.25) is 0 Å². The van der Waals surface area contributed by atoms with E-state index in [4.69, 9.17) is 4.52 Å². The van der Waals surface area contributed by atoms with E-state index in [9.17, 15) is 9.59 Å². The predicted octanol–water partition coefficient (Wildman–Crippen LogP) is 0.565. The lowest BCUT2D eigenvalue weighted by Gasteiger charge is -2.07. The van der Waals surface area contributed by atoms with Gasteiger partial charge in [-0.2, -0.15) is 4.98 Å². The van der Waals surface area contributed by atoms with Gasteiger partial charge < -0.3 is 14.4 Å². The molecule has 3 heterocycles. The third-order valence-corrected chi connectivity index (χ3v) is 3.91. The van der Waals surface area contributed by atoms with Gasteiger partial charge in [-0.1, -0.05) is 5.16 Å². The number of nitrogens with zero attached hydrogens (tertiary/aromatic N) is 5. The SMILES string of the molecule is Cc1ncn(CC(=O)NCc2nc(-c3cccn3C)no2)c(=O)c1C. The lowest BCUT2D eigenvalue weighted by Crippen LogP contribution is -2.33. The van der Waals surface area contributed by atoms with E-state index < -0.39 is 0 Å². The van der Waals surface area contributed by atoms with Gasteiger partial charge >= 0.3 is 0 Å². The Hall–Kier alpha value is -3.23. The van der Waals surface area contributed by atoms with Crippen molar-refractivity contribution in [1.82, 2.24) is 29.6 Å². The highest BCUT2D eigenvalue weighted by molar-refractivity contribution is 5.75. The van der Waals surface area contributed by atoms with Gasteiger partial charge in [-0.3, -0.25) is 14.2 Å². The lowest BCUT2D eigenvalue weighted by molar-refractivity contribution is -0.122. The quantitative estimate of drug-likeness (QED) is 0.726. The molecule has 0 radical (unpaired) electrons. The van der Waals surface area contributed by atoms with Crippen LogP contribution in [0.1, 0.15) is 17.1 Å². The van der Waals surface area contributed by atoms with Gasteiger partial charge in [0, 0.05) is 24.5 Å². The number of rotatable bonds is 5. The van der Waals surface area contributed by atoms with Crippen LogP contribution in [0.25, 0.3) is 11.5 Å². The first-order chi connectivity index (χ1) is 12.0. The van der Waals surface area contributed by atoms with Crippen LogP contribution in [0.15, 0.2) is 34.0 Å². The number of carbonyl (C=O) groups is 1. The highest BCUT2D eigenvalue weighted by atomic mass is 16.5. The maximum atomic E-state index is 12.1. The number of aromatic nitrogens is 5. The van der Waals surface area contributed by atoms with Crippen molar-refractivity contribution in [2.24, 2.45) is 7.05 Å². The van der Waals surface area contributed by atoms with Crippen molar-refractivity contribution >= 4 is 5.91 Å². The minimum absolute atomic E-state index is 0.0866. The molecule has 0 saturated carbocycles. The maximum Gasteiger partial charge on any atom is 0.256 e. The van der Waals surface area contributed by atoms with Crippen molar-refractivity contribution in [3.8, 4) is 11.5 Å². The minimum Gasteiger partial charge on any atom is -0.348 e. The fourth-order valence-electron chi connectivity index (χ4n) is 2.30. The van der Waals surface area contributed by atoms with E-state index in [1.165, 1.54) is 10.9 Å². The lowest BCUT2D eigenvalue weighted by atomic mass is 10.3. The average molecular weight is 342 g/mol. The zero-order chi connectivity index (χ0) is 18.0. The molecular formula is C16H18N6O3. The van der Waals surface area contributed by atoms with E-state index in [0.29, 0.717) is 17.1 Å². The van der Waals surface area contributed by atoms with Gasteiger partial charge in [-0.25, -0.2) is 4.98 Å². The van der Waals surface area contributed by atoms with Crippen LogP contribution in [0, 0.1) is 13.8 Å². The summed E-state index contributed by atoms with van der Waals surface area (Å²) < 4.78 is 8.26. The summed E-state index contributed by atoms with van der Waals surface area (Å²) in [5.74, 6) is 0.396. The summed E-state index contributed by atoms with van der Waals surface area (Å²) in [7, 11) is 1.88. The molecule has 0 saturated heterocycles. The molecule has 130 valence electrons. The van der Waals surface area contributed by atoms with Crippen LogP contribution in [0.3, 0.4) is 0 Å². The number of carbonyl (C=O) groups excluding carboxylic acids is 1. The summed E-state index contributed by atoms with van der Waals surface area (Å²) in [6.07, 6.45) is 3.24. The molecule has 3 aromatic heterocycles. The smallest absolute Gasteiger partial charge is 0.256 e. The standard InChI is InChI=1S/C16H18N6O3/c1-10-11(2)18-9-22(16(10)24)8-13(23)17-7-14-19-15(20-25-14)12-5-4-6-21(12)3/h4-6,9H,7-8H2,1-3H3,(H,17,23). The molecule has 1 amide bonds. The minimum atomic E-state index is -0.342. The Morgan fingerprint density at radius 1 is 1.36 bits per heavy atom. The van der Waals surface area contributed by atoms with E-state index in [2.05, 4.69) is 20.4 Å². The highest BCUT2D eigenvalue weighted by Gasteiger charge is 2.13. The molecule has 0 bridgehead atoms. The first-order valence-corrected chi connectivity index (χ1v) is 7.69. The summed E-state index contributed by atoms with van der Waals surface area (Å²) >= 11 is 0. The fourth-order valence-corrected chi connectivity index (χ4v) is 2.30. The van der Waals surface area contributed by atoms with E-state index in [0.717, 1.165) is 5.69 Å². The van der Waals surface area contributed by atoms with Gasteiger partial charge in [0.15, 0.2) is 0 Å². The first-order valence-electron chi connectivity index (χ1n) is 7.69. The Morgan fingerprint density at radius 3 is 2.88 bits per heavy atom. The molecular weight excluding hydrogens is 324 g/mol. The van der Waals surface area contributed by atoms with Crippen molar-refractivity contribution in [2.75, 3.05) is 0 Å². The molecule has 0 aromatic carbocycles. The molecule has 0 atom stereocenters. The number of nitrogens with one attached hydrogen (secondary N) is 1. The van der Waals surface area contributed by atoms with Gasteiger partial charge in [0.05, 0.1) is 18.6 Å². The number of hydrogen-bond acceptors (Lipinski definition) is 6. The van der Waals surface area contributed by atoms with E-state index in [-0.39, 0.29) is 30.4 Å². The fraction of sp³-hybridized carbons (Fsp3) is 0.312. The van der Waals surface area contributed by atoms with Crippen molar-refractivity contribution in [3.63, 3.8) is 0 Å². The number of amides is 1. The molecule has 1 N–H and O–H groups in total. The Kier molecular flexibility index (Phi) is 4.46. The summed E-state index contributed by atoms with van der Waals surface area (Å²) in [6.45, 7) is 3.40. The van der Waals surface area contributed by atoms with Crippen molar-refractivity contribution < 1.29 is 9.32 Å². The summed E-state index contributed by atoms with van der Waals surface area (Å²) in [4.78, 5) is 32.4. The Labute approximate surface area is 143 Å². The van der Waals surface area contributed by atoms with Gasteiger partial charge in [-0.05, 0) is 26.0 Å². The summed E-state index contributed by atoms with van der Waals surface area (Å²) in [5, 5.41) is 6.55. The van der Waals surface area contributed by atoms with Crippen LogP contribution in [0.4, 0.5) is 0 Å². The van der Waals surface area contributed by atoms with Crippen LogP contribution < -0.4 is 10.9 Å². The molecule has 3 aromatic rings. The van der Waals surface area contributed by atoms with Crippen molar-refractivity contribution in [1.29, 1.82) is 0 Å². The first kappa shape index (κ1) is 16.6. The van der Waals surface area contributed by atoms with Gasteiger partial charge in [0.2, 0.25) is 17.6 Å². The molecule has 9 heteroatoms. The zero-order valence-electron chi connectivity index (χ0n) is 14.2. The third kappa shape index (κ3) is 3.49. The molecule has 0 spiro atoms. The summed E-state index contributed by atoms with van der Waals surface area (Å²) in [6, 6.07) is 3.74. The molecule has 0 fully saturated rings. The topological polar surface area (TPSA) is 108 Å². The molecule has 25 heavy (non-hydrogen) atoms. The third-order valence-electron chi connectivity index (χ3n) is 3.91. The number of aryl methyl sites for hydroxylation is 2. The van der Waals surface area contributed by atoms with Crippen molar-refractivity contribution in [3.05, 3.63) is 52.2 Å². The zero-order valence-corrected chi connectivity index (χ0v) is 14.2. The van der Waals surface area contributed by atoms with Gasteiger partial charge in [-0.15, -0.1) is 0 Å². The Balaban J connectivity index is 1.62. The Bertz CT molecular complexity index is 968. The maximum absolute atomic E-state index is 12.1. The number of hydrogen-bond donors (Lipinski definition) is 1. The second-order valence-corrected chi connectivity index (χ2v) is 5.68. The second kappa shape index (κ2) is 6.71. The average Bonchev–Trinajstić information content (AvgIpc) is 3.22. The van der Waals surface area contributed by atoms with Crippen LogP contribution in [-0.2, 0) is 24.9 Å². The normalized spacial score (nSPS) is 10.8. The summed E-state index contributed by atoms with van der Waals surface area (Å²) in [5.41, 5.74) is 1.76. The monoisotopic (exact) mass is 342 g/mol. The van der Waals surface area contributed by atoms with Crippen LogP contribution in [-0.4, -0.2) is 30.2 Å². The molecule has 0 aliphatic carbocycles. The van der Waals surface area contributed by atoms with Gasteiger partial charge in [0.25, 0.3) is 5.56 Å². The van der Waals surface area contributed by atoms with E-state index in [1.807, 2.05) is 29.9 Å². The molecule has 0 unspecified atom stereocenters.